The molecule has 1 saturated heterocycles. The molecule has 19 heavy (non-hydrogen) atoms. The van der Waals surface area contributed by atoms with Crippen molar-refractivity contribution >= 4 is 34.8 Å². The van der Waals surface area contributed by atoms with E-state index in [2.05, 4.69) is 16.8 Å². The van der Waals surface area contributed by atoms with Gasteiger partial charge in [0.25, 0.3) is 0 Å². The maximum atomic E-state index is 6.36. The van der Waals surface area contributed by atoms with E-state index in [-0.39, 0.29) is 6.04 Å². The Balaban J connectivity index is 2.37. The maximum Gasteiger partial charge on any atom is 0.0655 e. The van der Waals surface area contributed by atoms with Crippen LogP contribution >= 0.6 is 34.8 Å². The fraction of sp³-hybridized carbons (Fsp3) is 0.429. The van der Waals surface area contributed by atoms with Crippen molar-refractivity contribution in [2.24, 2.45) is 0 Å². The minimum atomic E-state index is 0.137. The Morgan fingerprint density at radius 1 is 1.21 bits per heavy atom. The van der Waals surface area contributed by atoms with Crippen molar-refractivity contribution in [3.8, 4) is 0 Å². The molecule has 0 saturated carbocycles. The lowest BCUT2D eigenvalue weighted by Gasteiger charge is -2.35. The van der Waals surface area contributed by atoms with Crippen molar-refractivity contribution in [3.05, 3.63) is 45.4 Å². The van der Waals surface area contributed by atoms with Crippen LogP contribution < -0.4 is 5.32 Å². The van der Waals surface area contributed by atoms with Crippen LogP contribution in [-0.4, -0.2) is 31.1 Å². The first-order chi connectivity index (χ1) is 9.15. The van der Waals surface area contributed by atoms with E-state index in [0.29, 0.717) is 15.1 Å². The zero-order valence-corrected chi connectivity index (χ0v) is 12.9. The largest absolute Gasteiger partial charge is 0.314 e. The van der Waals surface area contributed by atoms with Crippen LogP contribution in [-0.2, 0) is 0 Å². The molecule has 1 N–H and O–H groups in total. The third kappa shape index (κ3) is 3.45. The van der Waals surface area contributed by atoms with Crippen LogP contribution in [0.3, 0.4) is 0 Å². The van der Waals surface area contributed by atoms with E-state index in [1.54, 1.807) is 6.07 Å². The number of hydrogen-bond donors (Lipinski definition) is 1. The second-order valence-corrected chi connectivity index (χ2v) is 5.78. The van der Waals surface area contributed by atoms with Gasteiger partial charge in [0.2, 0.25) is 0 Å². The van der Waals surface area contributed by atoms with Gasteiger partial charge in [0.15, 0.2) is 0 Å². The van der Waals surface area contributed by atoms with Crippen molar-refractivity contribution in [1.29, 1.82) is 0 Å². The van der Waals surface area contributed by atoms with Crippen LogP contribution in [0.25, 0.3) is 0 Å². The van der Waals surface area contributed by atoms with E-state index in [1.807, 2.05) is 12.1 Å². The van der Waals surface area contributed by atoms with Crippen molar-refractivity contribution in [2.75, 3.05) is 26.2 Å². The number of hydrogen-bond acceptors (Lipinski definition) is 2. The summed E-state index contributed by atoms with van der Waals surface area (Å²) in [6.45, 7) is 7.73. The van der Waals surface area contributed by atoms with Crippen molar-refractivity contribution in [3.63, 3.8) is 0 Å². The van der Waals surface area contributed by atoms with Gasteiger partial charge in [0.1, 0.15) is 0 Å². The molecule has 0 spiro atoms. The molecule has 0 aromatic heterocycles. The molecule has 5 heteroatoms. The highest BCUT2D eigenvalue weighted by atomic mass is 35.5. The van der Waals surface area contributed by atoms with Crippen LogP contribution in [0, 0.1) is 0 Å². The molecule has 1 fully saturated rings. The van der Waals surface area contributed by atoms with Crippen molar-refractivity contribution in [1.82, 2.24) is 10.2 Å². The van der Waals surface area contributed by atoms with E-state index in [4.69, 9.17) is 34.8 Å². The number of nitrogens with one attached hydrogen (secondary N) is 1. The van der Waals surface area contributed by atoms with Gasteiger partial charge in [-0.25, -0.2) is 0 Å². The topological polar surface area (TPSA) is 15.3 Å². The first-order valence-electron chi connectivity index (χ1n) is 6.34. The summed E-state index contributed by atoms with van der Waals surface area (Å²) < 4.78 is 0. The second kappa shape index (κ2) is 6.96. The lowest BCUT2D eigenvalue weighted by atomic mass is 10.0. The molecule has 104 valence electrons. The molecule has 0 radical (unpaired) electrons. The van der Waals surface area contributed by atoms with Crippen LogP contribution in [0.5, 0.6) is 0 Å². The average molecular weight is 320 g/mol. The number of benzene rings is 1. The van der Waals surface area contributed by atoms with Gasteiger partial charge in [-0.2, -0.15) is 0 Å². The first kappa shape index (κ1) is 15.1. The Morgan fingerprint density at radius 3 is 2.47 bits per heavy atom. The second-order valence-electron chi connectivity index (χ2n) is 4.58. The Morgan fingerprint density at radius 2 is 1.84 bits per heavy atom. The highest BCUT2D eigenvalue weighted by molar-refractivity contribution is 6.44. The predicted molar refractivity (Wildman–Crippen MR) is 83.5 cm³/mol. The standard InChI is InChI=1S/C14H17Cl3N2/c1-2-3-12(19-8-6-18-7-9-19)13-10(15)4-5-11(16)14(13)17/h2,4-5,12,18H,1,3,6-9H2/t12-/m1/s1. The molecule has 2 rings (SSSR count). The van der Waals surface area contributed by atoms with Crippen LogP contribution in [0.15, 0.2) is 24.8 Å². The maximum absolute atomic E-state index is 6.36. The zero-order valence-electron chi connectivity index (χ0n) is 10.6. The van der Waals surface area contributed by atoms with Gasteiger partial charge in [-0.1, -0.05) is 40.9 Å². The Kier molecular flexibility index (Phi) is 5.55. The molecule has 1 heterocycles. The van der Waals surface area contributed by atoms with Crippen LogP contribution in [0.4, 0.5) is 0 Å². The molecule has 1 aliphatic heterocycles. The number of halogens is 3. The fourth-order valence-electron chi connectivity index (χ4n) is 2.45. The Labute approximate surface area is 129 Å². The highest BCUT2D eigenvalue weighted by Crippen LogP contribution is 2.39. The molecule has 0 amide bonds. The quantitative estimate of drug-likeness (QED) is 0.662. The Hall–Kier alpha value is -0.250. The number of piperazine rings is 1. The summed E-state index contributed by atoms with van der Waals surface area (Å²) in [5.41, 5.74) is 0.914. The van der Waals surface area contributed by atoms with Crippen molar-refractivity contribution < 1.29 is 0 Å². The lowest BCUT2D eigenvalue weighted by molar-refractivity contribution is 0.174. The van der Waals surface area contributed by atoms with Gasteiger partial charge in [-0.3, -0.25) is 4.90 Å². The SMILES string of the molecule is C=CC[C@H](c1c(Cl)ccc(Cl)c1Cl)N1CCNCC1. The minimum Gasteiger partial charge on any atom is -0.314 e. The molecular weight excluding hydrogens is 303 g/mol. The zero-order chi connectivity index (χ0) is 13.8. The van der Waals surface area contributed by atoms with E-state index >= 15 is 0 Å². The van der Waals surface area contributed by atoms with E-state index in [0.717, 1.165) is 38.2 Å². The molecule has 0 aliphatic carbocycles. The summed E-state index contributed by atoms with van der Waals surface area (Å²) >= 11 is 18.8. The lowest BCUT2D eigenvalue weighted by Crippen LogP contribution is -2.45. The summed E-state index contributed by atoms with van der Waals surface area (Å²) in [4.78, 5) is 2.38. The monoisotopic (exact) mass is 318 g/mol. The molecule has 2 nitrogen and oxygen atoms in total. The summed E-state index contributed by atoms with van der Waals surface area (Å²) in [6, 6.07) is 3.68. The fourth-order valence-corrected chi connectivity index (χ4v) is 3.24. The minimum absolute atomic E-state index is 0.137. The number of rotatable bonds is 4. The molecule has 0 bridgehead atoms. The normalized spacial score (nSPS) is 18.3. The first-order valence-corrected chi connectivity index (χ1v) is 7.47. The van der Waals surface area contributed by atoms with Crippen molar-refractivity contribution in [2.45, 2.75) is 12.5 Å². The van der Waals surface area contributed by atoms with Gasteiger partial charge in [-0.15, -0.1) is 6.58 Å². The van der Waals surface area contributed by atoms with Gasteiger partial charge in [0.05, 0.1) is 10.0 Å². The molecule has 1 aromatic rings. The molecule has 0 unspecified atom stereocenters. The smallest absolute Gasteiger partial charge is 0.0655 e. The van der Waals surface area contributed by atoms with Crippen LogP contribution in [0.1, 0.15) is 18.0 Å². The third-order valence-corrected chi connectivity index (χ3v) is 4.54. The summed E-state index contributed by atoms with van der Waals surface area (Å²) in [5, 5.41) is 5.11. The molecule has 1 atom stereocenters. The summed E-state index contributed by atoms with van der Waals surface area (Å²) in [7, 11) is 0. The molecular formula is C14H17Cl3N2. The van der Waals surface area contributed by atoms with Crippen LogP contribution in [0.2, 0.25) is 15.1 Å². The van der Waals surface area contributed by atoms with Gasteiger partial charge >= 0.3 is 0 Å². The number of nitrogens with zero attached hydrogens (tertiary/aromatic N) is 1. The summed E-state index contributed by atoms with van der Waals surface area (Å²) in [6.07, 6.45) is 2.71. The molecule has 1 aliphatic rings. The highest BCUT2D eigenvalue weighted by Gasteiger charge is 2.25. The average Bonchev–Trinajstić information content (AvgIpc) is 2.43. The Bertz CT molecular complexity index is 456. The van der Waals surface area contributed by atoms with E-state index in [9.17, 15) is 0 Å². The predicted octanol–water partition coefficient (Wildman–Crippen LogP) is 4.17. The van der Waals surface area contributed by atoms with Gasteiger partial charge in [0, 0.05) is 42.8 Å². The summed E-state index contributed by atoms with van der Waals surface area (Å²) in [5.74, 6) is 0. The van der Waals surface area contributed by atoms with E-state index in [1.165, 1.54) is 0 Å². The molecule has 1 aromatic carbocycles. The van der Waals surface area contributed by atoms with Gasteiger partial charge in [-0.05, 0) is 18.6 Å². The van der Waals surface area contributed by atoms with E-state index < -0.39 is 0 Å². The third-order valence-electron chi connectivity index (χ3n) is 3.39. The van der Waals surface area contributed by atoms with Gasteiger partial charge < -0.3 is 5.32 Å².